The number of benzene rings is 2. The second kappa shape index (κ2) is 6.88. The zero-order valence-corrected chi connectivity index (χ0v) is 15.9. The second-order valence-electron chi connectivity index (χ2n) is 8.68. The lowest BCUT2D eigenvalue weighted by atomic mass is 9.72. The van der Waals surface area contributed by atoms with E-state index in [0.29, 0.717) is 12.3 Å². The van der Waals surface area contributed by atoms with Gasteiger partial charge in [0.2, 0.25) is 0 Å². The van der Waals surface area contributed by atoms with Gasteiger partial charge < -0.3 is 10.4 Å². The third kappa shape index (κ3) is 5.02. The molecule has 2 nitrogen and oxygen atoms in total. The molecular weight excluding hydrogens is 294 g/mol. The number of nitrogens with one attached hydrogen (secondary N) is 1. The lowest BCUT2D eigenvalue weighted by Gasteiger charge is -2.33. The highest BCUT2D eigenvalue weighted by Crippen LogP contribution is 2.37. The van der Waals surface area contributed by atoms with E-state index in [2.05, 4.69) is 83.3 Å². The molecule has 130 valence electrons. The first-order chi connectivity index (χ1) is 11.1. The fourth-order valence-corrected chi connectivity index (χ4v) is 3.44. The van der Waals surface area contributed by atoms with Crippen LogP contribution in [0, 0.1) is 12.3 Å². The highest BCUT2D eigenvalue weighted by atomic mass is 16.3. The average molecular weight is 325 g/mol. The van der Waals surface area contributed by atoms with Crippen LogP contribution in [0.5, 0.6) is 5.75 Å². The van der Waals surface area contributed by atoms with Gasteiger partial charge in [-0.3, -0.25) is 0 Å². The van der Waals surface area contributed by atoms with Crippen molar-refractivity contribution in [2.75, 3.05) is 5.32 Å². The Labute approximate surface area is 146 Å². The number of aryl methyl sites for hydroxylation is 1. The molecule has 2 heteroatoms. The van der Waals surface area contributed by atoms with Crippen molar-refractivity contribution < 1.29 is 5.11 Å². The molecule has 24 heavy (non-hydrogen) atoms. The van der Waals surface area contributed by atoms with Gasteiger partial charge in [0.25, 0.3) is 0 Å². The Kier molecular flexibility index (Phi) is 5.27. The second-order valence-corrected chi connectivity index (χ2v) is 8.68. The summed E-state index contributed by atoms with van der Waals surface area (Å²) in [7, 11) is 0. The molecule has 0 heterocycles. The first kappa shape index (κ1) is 18.4. The average Bonchev–Trinajstić information content (AvgIpc) is 2.45. The highest BCUT2D eigenvalue weighted by molar-refractivity contribution is 5.47. The van der Waals surface area contributed by atoms with Gasteiger partial charge in [-0.15, -0.1) is 0 Å². The minimum atomic E-state index is 0.0740. The molecule has 0 amide bonds. The molecule has 0 bridgehead atoms. The summed E-state index contributed by atoms with van der Waals surface area (Å²) in [5, 5.41) is 13.6. The molecule has 0 aliphatic carbocycles. The lowest BCUT2D eigenvalue weighted by molar-refractivity contribution is 0.284. The maximum absolute atomic E-state index is 10.2. The van der Waals surface area contributed by atoms with Crippen molar-refractivity contribution in [1.29, 1.82) is 0 Å². The summed E-state index contributed by atoms with van der Waals surface area (Å²) in [5.74, 6) is 0.352. The van der Waals surface area contributed by atoms with Gasteiger partial charge in [-0.2, -0.15) is 0 Å². The van der Waals surface area contributed by atoms with Crippen molar-refractivity contribution in [3.05, 3.63) is 59.2 Å². The van der Waals surface area contributed by atoms with Gasteiger partial charge in [0, 0.05) is 17.8 Å². The Bertz CT molecular complexity index is 678. The molecule has 0 saturated heterocycles. The van der Waals surface area contributed by atoms with Crippen LogP contribution in [-0.4, -0.2) is 5.11 Å². The summed E-state index contributed by atoms with van der Waals surface area (Å²) in [6.07, 6.45) is 1.09. The fourth-order valence-electron chi connectivity index (χ4n) is 3.44. The molecule has 2 aromatic rings. The Morgan fingerprint density at radius 3 is 2.12 bits per heavy atom. The van der Waals surface area contributed by atoms with E-state index in [-0.39, 0.29) is 10.8 Å². The summed E-state index contributed by atoms with van der Waals surface area (Å²) < 4.78 is 0. The summed E-state index contributed by atoms with van der Waals surface area (Å²) in [6, 6.07) is 14.3. The third-order valence-corrected chi connectivity index (χ3v) is 4.37. The van der Waals surface area contributed by atoms with Crippen molar-refractivity contribution in [2.45, 2.75) is 59.9 Å². The third-order valence-electron chi connectivity index (χ3n) is 4.37. The molecule has 0 aromatic heterocycles. The molecule has 0 aliphatic rings. The van der Waals surface area contributed by atoms with E-state index in [4.69, 9.17) is 0 Å². The van der Waals surface area contributed by atoms with Crippen LogP contribution in [-0.2, 0) is 12.0 Å². The van der Waals surface area contributed by atoms with Crippen molar-refractivity contribution in [3.63, 3.8) is 0 Å². The van der Waals surface area contributed by atoms with Crippen LogP contribution in [0.1, 0.15) is 57.7 Å². The zero-order chi connectivity index (χ0) is 18.0. The molecule has 0 radical (unpaired) electrons. The number of phenols is 1. The molecule has 0 atom stereocenters. The van der Waals surface area contributed by atoms with E-state index in [0.717, 1.165) is 17.7 Å². The predicted molar refractivity (Wildman–Crippen MR) is 104 cm³/mol. The van der Waals surface area contributed by atoms with Crippen LogP contribution < -0.4 is 5.32 Å². The van der Waals surface area contributed by atoms with Crippen molar-refractivity contribution in [2.24, 2.45) is 5.41 Å². The van der Waals surface area contributed by atoms with E-state index in [1.165, 1.54) is 11.1 Å². The number of phenolic OH excluding ortho intramolecular Hbond substituents is 1. The maximum Gasteiger partial charge on any atom is 0.120 e. The van der Waals surface area contributed by atoms with E-state index < -0.39 is 0 Å². The van der Waals surface area contributed by atoms with Gasteiger partial charge in [0.15, 0.2) is 0 Å². The van der Waals surface area contributed by atoms with Crippen molar-refractivity contribution in [1.82, 2.24) is 0 Å². The van der Waals surface area contributed by atoms with Crippen LogP contribution in [0.15, 0.2) is 42.5 Å². The summed E-state index contributed by atoms with van der Waals surface area (Å²) in [5.41, 5.74) is 4.87. The Hall–Kier alpha value is -1.96. The van der Waals surface area contributed by atoms with Gasteiger partial charge >= 0.3 is 0 Å². The molecule has 2 aromatic carbocycles. The minimum absolute atomic E-state index is 0.0740. The molecule has 2 rings (SSSR count). The predicted octanol–water partition coefficient (Wildman–Crippen LogP) is 6.03. The summed E-state index contributed by atoms with van der Waals surface area (Å²) in [6.45, 7) is 14.1. The molecule has 0 saturated carbocycles. The maximum atomic E-state index is 10.2. The van der Waals surface area contributed by atoms with E-state index >= 15 is 0 Å². The standard InChI is InChI=1S/C22H31NO/c1-16-7-10-19(11-8-16)23-14-17-13-18(9-12-20(17)24)22(5,6)15-21(2,3)4/h7-13,23-24H,14-15H2,1-6H3. The van der Waals surface area contributed by atoms with Crippen LogP contribution in [0.3, 0.4) is 0 Å². The van der Waals surface area contributed by atoms with Gasteiger partial charge in [-0.25, -0.2) is 0 Å². The minimum Gasteiger partial charge on any atom is -0.508 e. The van der Waals surface area contributed by atoms with Crippen molar-refractivity contribution in [3.8, 4) is 5.75 Å². The monoisotopic (exact) mass is 325 g/mol. The summed E-state index contributed by atoms with van der Waals surface area (Å²) >= 11 is 0. The largest absolute Gasteiger partial charge is 0.508 e. The van der Waals surface area contributed by atoms with E-state index in [9.17, 15) is 5.11 Å². The van der Waals surface area contributed by atoms with Crippen molar-refractivity contribution >= 4 is 5.69 Å². The molecule has 0 spiro atoms. The molecule has 2 N–H and O–H groups in total. The van der Waals surface area contributed by atoms with Gasteiger partial charge in [-0.05, 0) is 54.0 Å². The quantitative estimate of drug-likeness (QED) is 0.704. The number of anilines is 1. The van der Waals surface area contributed by atoms with Gasteiger partial charge in [-0.1, -0.05) is 58.4 Å². The summed E-state index contributed by atoms with van der Waals surface area (Å²) in [4.78, 5) is 0. The smallest absolute Gasteiger partial charge is 0.120 e. The molecule has 0 fully saturated rings. The Morgan fingerprint density at radius 1 is 0.917 bits per heavy atom. The Balaban J connectivity index is 2.17. The van der Waals surface area contributed by atoms with E-state index in [1.807, 2.05) is 6.07 Å². The number of hydrogen-bond donors (Lipinski definition) is 2. The van der Waals surface area contributed by atoms with Gasteiger partial charge in [0.1, 0.15) is 5.75 Å². The van der Waals surface area contributed by atoms with Gasteiger partial charge in [0.05, 0.1) is 0 Å². The fraction of sp³-hybridized carbons (Fsp3) is 0.455. The zero-order valence-electron chi connectivity index (χ0n) is 15.9. The Morgan fingerprint density at radius 2 is 1.54 bits per heavy atom. The normalized spacial score (nSPS) is 12.2. The van der Waals surface area contributed by atoms with Crippen LogP contribution >= 0.6 is 0 Å². The molecule has 0 unspecified atom stereocenters. The van der Waals surface area contributed by atoms with Crippen LogP contribution in [0.25, 0.3) is 0 Å². The molecule has 0 aliphatic heterocycles. The number of rotatable bonds is 5. The highest BCUT2D eigenvalue weighted by Gasteiger charge is 2.27. The topological polar surface area (TPSA) is 32.3 Å². The SMILES string of the molecule is Cc1ccc(NCc2cc(C(C)(C)CC(C)(C)C)ccc2O)cc1. The van der Waals surface area contributed by atoms with Crippen LogP contribution in [0.4, 0.5) is 5.69 Å². The van der Waals surface area contributed by atoms with E-state index in [1.54, 1.807) is 0 Å². The number of hydrogen-bond acceptors (Lipinski definition) is 2. The molecular formula is C22H31NO. The number of aromatic hydroxyl groups is 1. The first-order valence-electron chi connectivity index (χ1n) is 8.70. The lowest BCUT2D eigenvalue weighted by Crippen LogP contribution is -2.25. The first-order valence-corrected chi connectivity index (χ1v) is 8.70. The van der Waals surface area contributed by atoms with Crippen LogP contribution in [0.2, 0.25) is 0 Å².